The van der Waals surface area contributed by atoms with Crippen LogP contribution in [0.15, 0.2) is 36.0 Å². The molecule has 3 rings (SSSR count). The molecule has 4 nitrogen and oxygen atoms in total. The highest BCUT2D eigenvalue weighted by Crippen LogP contribution is 2.40. The van der Waals surface area contributed by atoms with Crippen molar-refractivity contribution in [3.05, 3.63) is 41.6 Å². The molecule has 3 atom stereocenters. The SMILES string of the molecule is CC(=O)N/C(=C\c1ccccc1)C(=O)NC1CCC2CCCCC2C1. The van der Waals surface area contributed by atoms with Crippen LogP contribution in [0.2, 0.25) is 0 Å². The number of fused-ring (bicyclic) bond motifs is 1. The first kappa shape index (κ1) is 17.7. The summed E-state index contributed by atoms with van der Waals surface area (Å²) in [4.78, 5) is 24.2. The van der Waals surface area contributed by atoms with Crippen LogP contribution < -0.4 is 10.6 Å². The quantitative estimate of drug-likeness (QED) is 0.822. The van der Waals surface area contributed by atoms with Gasteiger partial charge in [-0.05, 0) is 42.7 Å². The number of benzene rings is 1. The minimum absolute atomic E-state index is 0.182. The normalized spacial score (nSPS) is 26.4. The van der Waals surface area contributed by atoms with Gasteiger partial charge in [0, 0.05) is 13.0 Å². The highest BCUT2D eigenvalue weighted by molar-refractivity contribution is 6.01. The Bertz CT molecular complexity index is 639. The van der Waals surface area contributed by atoms with Crippen molar-refractivity contribution in [3.63, 3.8) is 0 Å². The number of nitrogens with one attached hydrogen (secondary N) is 2. The Balaban J connectivity index is 1.66. The fourth-order valence-electron chi connectivity index (χ4n) is 4.33. The van der Waals surface area contributed by atoms with Crippen LogP contribution in [0, 0.1) is 11.8 Å². The summed E-state index contributed by atoms with van der Waals surface area (Å²) in [6.45, 7) is 1.43. The van der Waals surface area contributed by atoms with Crippen LogP contribution in [-0.2, 0) is 9.59 Å². The minimum atomic E-state index is -0.228. The molecule has 3 unspecified atom stereocenters. The van der Waals surface area contributed by atoms with Gasteiger partial charge in [0.05, 0.1) is 0 Å². The van der Waals surface area contributed by atoms with Gasteiger partial charge < -0.3 is 10.6 Å². The summed E-state index contributed by atoms with van der Waals surface area (Å²) in [6, 6.07) is 9.82. The first-order valence-corrected chi connectivity index (χ1v) is 9.47. The van der Waals surface area contributed by atoms with Gasteiger partial charge in [0.25, 0.3) is 5.91 Å². The molecule has 0 bridgehead atoms. The van der Waals surface area contributed by atoms with Crippen LogP contribution in [0.1, 0.15) is 57.4 Å². The Morgan fingerprint density at radius 1 is 1.00 bits per heavy atom. The second-order valence-corrected chi connectivity index (χ2v) is 7.44. The Morgan fingerprint density at radius 3 is 2.44 bits per heavy atom. The van der Waals surface area contributed by atoms with E-state index in [4.69, 9.17) is 0 Å². The van der Waals surface area contributed by atoms with E-state index >= 15 is 0 Å². The van der Waals surface area contributed by atoms with Gasteiger partial charge in [-0.2, -0.15) is 0 Å². The molecule has 2 aliphatic carbocycles. The van der Waals surface area contributed by atoms with Gasteiger partial charge in [0.15, 0.2) is 0 Å². The van der Waals surface area contributed by atoms with Crippen LogP contribution in [0.25, 0.3) is 6.08 Å². The first-order chi connectivity index (χ1) is 12.1. The molecule has 0 spiro atoms. The van der Waals surface area contributed by atoms with E-state index in [0.717, 1.165) is 30.2 Å². The number of hydrogen-bond donors (Lipinski definition) is 2. The molecule has 4 heteroatoms. The molecule has 0 radical (unpaired) electrons. The van der Waals surface area contributed by atoms with Crippen LogP contribution in [-0.4, -0.2) is 17.9 Å². The van der Waals surface area contributed by atoms with Crippen molar-refractivity contribution in [3.8, 4) is 0 Å². The van der Waals surface area contributed by atoms with Crippen molar-refractivity contribution in [2.75, 3.05) is 0 Å². The highest BCUT2D eigenvalue weighted by atomic mass is 16.2. The van der Waals surface area contributed by atoms with E-state index in [9.17, 15) is 9.59 Å². The van der Waals surface area contributed by atoms with E-state index in [1.54, 1.807) is 6.08 Å². The predicted molar refractivity (Wildman–Crippen MR) is 99.5 cm³/mol. The van der Waals surface area contributed by atoms with E-state index in [1.807, 2.05) is 30.3 Å². The van der Waals surface area contributed by atoms with Gasteiger partial charge >= 0.3 is 0 Å². The lowest BCUT2D eigenvalue weighted by Crippen LogP contribution is -2.44. The summed E-state index contributed by atoms with van der Waals surface area (Å²) < 4.78 is 0. The van der Waals surface area contributed by atoms with E-state index < -0.39 is 0 Å². The third-order valence-corrected chi connectivity index (χ3v) is 5.54. The summed E-state index contributed by atoms with van der Waals surface area (Å²) in [7, 11) is 0. The zero-order valence-electron chi connectivity index (χ0n) is 15.0. The Kier molecular flexibility index (Phi) is 5.90. The molecule has 25 heavy (non-hydrogen) atoms. The van der Waals surface area contributed by atoms with E-state index in [-0.39, 0.29) is 17.9 Å². The molecule has 0 aliphatic heterocycles. The maximum Gasteiger partial charge on any atom is 0.268 e. The maximum absolute atomic E-state index is 12.7. The molecule has 134 valence electrons. The molecule has 0 aromatic heterocycles. The average Bonchev–Trinajstić information content (AvgIpc) is 2.61. The van der Waals surface area contributed by atoms with Crippen molar-refractivity contribution in [1.82, 2.24) is 10.6 Å². The fraction of sp³-hybridized carbons (Fsp3) is 0.524. The monoisotopic (exact) mass is 340 g/mol. The zero-order chi connectivity index (χ0) is 17.6. The van der Waals surface area contributed by atoms with Crippen molar-refractivity contribution >= 4 is 17.9 Å². The molecule has 2 amide bonds. The Hall–Kier alpha value is -2.10. The largest absolute Gasteiger partial charge is 0.348 e. The van der Waals surface area contributed by atoms with Crippen LogP contribution in [0.3, 0.4) is 0 Å². The lowest BCUT2D eigenvalue weighted by atomic mass is 9.69. The van der Waals surface area contributed by atoms with Crippen molar-refractivity contribution in [2.24, 2.45) is 11.8 Å². The second-order valence-electron chi connectivity index (χ2n) is 7.44. The molecule has 2 aliphatic rings. The van der Waals surface area contributed by atoms with Gasteiger partial charge in [0.2, 0.25) is 5.91 Å². The second kappa shape index (κ2) is 8.32. The summed E-state index contributed by atoms with van der Waals surface area (Å²) >= 11 is 0. The van der Waals surface area contributed by atoms with E-state index in [0.29, 0.717) is 5.70 Å². The van der Waals surface area contributed by atoms with E-state index in [2.05, 4.69) is 10.6 Å². The lowest BCUT2D eigenvalue weighted by Gasteiger charge is -2.39. The topological polar surface area (TPSA) is 58.2 Å². The van der Waals surface area contributed by atoms with Crippen LogP contribution >= 0.6 is 0 Å². The highest BCUT2D eigenvalue weighted by Gasteiger charge is 2.33. The van der Waals surface area contributed by atoms with Gasteiger partial charge in [0.1, 0.15) is 5.70 Å². The molecule has 0 saturated heterocycles. The molecular formula is C21H28N2O2. The lowest BCUT2D eigenvalue weighted by molar-refractivity contribution is -0.123. The minimum Gasteiger partial charge on any atom is -0.348 e. The van der Waals surface area contributed by atoms with Gasteiger partial charge in [-0.1, -0.05) is 56.0 Å². The molecule has 0 heterocycles. The van der Waals surface area contributed by atoms with Crippen molar-refractivity contribution in [2.45, 2.75) is 57.9 Å². The Morgan fingerprint density at radius 2 is 1.72 bits per heavy atom. The standard InChI is InChI=1S/C21H28N2O2/c1-15(24)22-20(13-16-7-3-2-4-8-16)21(25)23-19-12-11-17-9-5-6-10-18(17)14-19/h2-4,7-8,13,17-19H,5-6,9-12,14H2,1H3,(H,22,24)(H,23,25)/b20-13-. The van der Waals surface area contributed by atoms with Crippen molar-refractivity contribution < 1.29 is 9.59 Å². The van der Waals surface area contributed by atoms with E-state index in [1.165, 1.54) is 39.0 Å². The summed E-state index contributed by atoms with van der Waals surface area (Å²) in [6.07, 6.45) is 10.4. The molecule has 2 N–H and O–H groups in total. The van der Waals surface area contributed by atoms with Gasteiger partial charge in [-0.15, -0.1) is 0 Å². The average molecular weight is 340 g/mol. The molecule has 2 saturated carbocycles. The van der Waals surface area contributed by atoms with Crippen molar-refractivity contribution in [1.29, 1.82) is 0 Å². The third kappa shape index (κ3) is 4.94. The Labute approximate surface area is 150 Å². The van der Waals surface area contributed by atoms with Gasteiger partial charge in [-0.3, -0.25) is 9.59 Å². The smallest absolute Gasteiger partial charge is 0.268 e. The molecule has 1 aromatic rings. The fourth-order valence-corrected chi connectivity index (χ4v) is 4.33. The zero-order valence-corrected chi connectivity index (χ0v) is 15.0. The maximum atomic E-state index is 12.7. The summed E-state index contributed by atoms with van der Waals surface area (Å²) in [5.41, 5.74) is 1.22. The molecule has 1 aromatic carbocycles. The number of carbonyl (C=O) groups is 2. The van der Waals surface area contributed by atoms with Crippen LogP contribution in [0.5, 0.6) is 0 Å². The molecule has 2 fully saturated rings. The predicted octanol–water partition coefficient (Wildman–Crippen LogP) is 3.64. The van der Waals surface area contributed by atoms with Gasteiger partial charge in [-0.25, -0.2) is 0 Å². The number of carbonyl (C=O) groups excluding carboxylic acids is 2. The first-order valence-electron chi connectivity index (χ1n) is 9.47. The molecular weight excluding hydrogens is 312 g/mol. The third-order valence-electron chi connectivity index (χ3n) is 5.54. The van der Waals surface area contributed by atoms with Crippen LogP contribution in [0.4, 0.5) is 0 Å². The summed E-state index contributed by atoms with van der Waals surface area (Å²) in [5.74, 6) is 1.21. The number of rotatable bonds is 4. The number of amides is 2. The summed E-state index contributed by atoms with van der Waals surface area (Å²) in [5, 5.41) is 5.84. The number of hydrogen-bond acceptors (Lipinski definition) is 2.